The number of ether oxygens (including phenoxy) is 2. The number of carbonyl (C=O) groups is 2. The summed E-state index contributed by atoms with van der Waals surface area (Å²) in [7, 11) is 1.60. The van der Waals surface area contributed by atoms with E-state index in [0.29, 0.717) is 63.9 Å². The average molecular weight is 415 g/mol. The highest BCUT2D eigenvalue weighted by Gasteiger charge is 2.37. The number of carbonyl (C=O) groups excluding carboxylic acids is 2. The smallest absolute Gasteiger partial charge is 0.320 e. The Morgan fingerprint density at radius 3 is 2.80 bits per heavy atom. The molecule has 2 saturated heterocycles. The molecule has 0 aliphatic carbocycles. The van der Waals surface area contributed by atoms with Crippen molar-refractivity contribution in [3.63, 3.8) is 0 Å². The van der Waals surface area contributed by atoms with Crippen molar-refractivity contribution < 1.29 is 19.1 Å². The summed E-state index contributed by atoms with van der Waals surface area (Å²) in [5.41, 5.74) is 0.571. The topological polar surface area (TPSA) is 98.1 Å². The predicted molar refractivity (Wildman–Crippen MR) is 110 cm³/mol. The minimum Gasteiger partial charge on any atom is -0.494 e. The molecule has 9 nitrogen and oxygen atoms in total. The van der Waals surface area contributed by atoms with E-state index in [1.54, 1.807) is 35.0 Å². The second-order valence-corrected chi connectivity index (χ2v) is 7.35. The quantitative estimate of drug-likeness (QED) is 0.680. The number of nitrogens with zero attached hydrogens (tertiary/aromatic N) is 4. The fourth-order valence-electron chi connectivity index (χ4n) is 3.73. The number of benzene rings is 1. The zero-order chi connectivity index (χ0) is 21.3. The van der Waals surface area contributed by atoms with Crippen LogP contribution in [0, 0.1) is 11.3 Å². The van der Waals surface area contributed by atoms with Gasteiger partial charge in [0.05, 0.1) is 31.5 Å². The Bertz CT molecular complexity index is 775. The number of morpholine rings is 1. The lowest BCUT2D eigenvalue weighted by molar-refractivity contribution is -0.127. The van der Waals surface area contributed by atoms with Gasteiger partial charge in [0.2, 0.25) is 5.91 Å². The largest absolute Gasteiger partial charge is 0.494 e. The van der Waals surface area contributed by atoms with Crippen LogP contribution in [-0.4, -0.2) is 98.8 Å². The molecule has 30 heavy (non-hydrogen) atoms. The summed E-state index contributed by atoms with van der Waals surface area (Å²) in [5.74, 6) is 0.532. The maximum Gasteiger partial charge on any atom is 0.320 e. The molecule has 2 aliphatic rings. The van der Waals surface area contributed by atoms with Gasteiger partial charge in [-0.1, -0.05) is 6.07 Å². The van der Waals surface area contributed by atoms with Crippen LogP contribution in [0.25, 0.3) is 0 Å². The van der Waals surface area contributed by atoms with E-state index >= 15 is 0 Å². The van der Waals surface area contributed by atoms with E-state index in [-0.39, 0.29) is 11.9 Å². The fourth-order valence-corrected chi connectivity index (χ4v) is 3.73. The van der Waals surface area contributed by atoms with Gasteiger partial charge in [-0.05, 0) is 24.6 Å². The van der Waals surface area contributed by atoms with Crippen LogP contribution < -0.4 is 10.1 Å². The Labute approximate surface area is 177 Å². The number of piperazine rings is 1. The molecule has 1 N–H and O–H groups in total. The lowest BCUT2D eigenvalue weighted by Gasteiger charge is -2.43. The molecule has 162 valence electrons. The zero-order valence-electron chi connectivity index (χ0n) is 17.4. The van der Waals surface area contributed by atoms with E-state index in [2.05, 4.69) is 16.3 Å². The van der Waals surface area contributed by atoms with Crippen LogP contribution in [0.3, 0.4) is 0 Å². The molecule has 1 atom stereocenters. The van der Waals surface area contributed by atoms with Gasteiger partial charge >= 0.3 is 6.03 Å². The first-order valence-electron chi connectivity index (χ1n) is 10.3. The Morgan fingerprint density at radius 1 is 1.27 bits per heavy atom. The molecule has 1 unspecified atom stereocenters. The van der Waals surface area contributed by atoms with Gasteiger partial charge in [-0.15, -0.1) is 0 Å². The van der Waals surface area contributed by atoms with Crippen LogP contribution in [0.1, 0.15) is 12.0 Å². The lowest BCUT2D eigenvalue weighted by atomic mass is 10.1. The van der Waals surface area contributed by atoms with E-state index in [1.165, 1.54) is 0 Å². The molecule has 0 radical (unpaired) electrons. The minimum absolute atomic E-state index is 0.0905. The van der Waals surface area contributed by atoms with E-state index in [1.807, 2.05) is 6.07 Å². The number of rotatable bonds is 6. The monoisotopic (exact) mass is 415 g/mol. The minimum atomic E-state index is -0.507. The zero-order valence-corrected chi connectivity index (χ0v) is 17.4. The second-order valence-electron chi connectivity index (χ2n) is 7.35. The van der Waals surface area contributed by atoms with Gasteiger partial charge in [0.1, 0.15) is 11.8 Å². The fraction of sp³-hybridized carbons (Fsp3) is 0.571. The van der Waals surface area contributed by atoms with Gasteiger partial charge in [-0.2, -0.15) is 5.26 Å². The van der Waals surface area contributed by atoms with E-state index in [0.717, 1.165) is 13.0 Å². The van der Waals surface area contributed by atoms with Gasteiger partial charge in [0.25, 0.3) is 0 Å². The van der Waals surface area contributed by atoms with E-state index < -0.39 is 6.04 Å². The lowest BCUT2D eigenvalue weighted by Crippen LogP contribution is -2.63. The van der Waals surface area contributed by atoms with Crippen molar-refractivity contribution in [3.8, 4) is 11.8 Å². The van der Waals surface area contributed by atoms with Crippen LogP contribution in [0.4, 0.5) is 4.79 Å². The summed E-state index contributed by atoms with van der Waals surface area (Å²) in [6.07, 6.45) is 0.786. The molecule has 3 rings (SSSR count). The van der Waals surface area contributed by atoms with Crippen LogP contribution in [-0.2, 0) is 9.53 Å². The van der Waals surface area contributed by atoms with Crippen LogP contribution >= 0.6 is 0 Å². The van der Waals surface area contributed by atoms with Crippen LogP contribution in [0.2, 0.25) is 0 Å². The van der Waals surface area contributed by atoms with Gasteiger partial charge in [-0.3, -0.25) is 9.69 Å². The molecule has 2 heterocycles. The number of nitriles is 1. The Kier molecular flexibility index (Phi) is 7.88. The molecular formula is C21H29N5O4. The number of urea groups is 1. The first kappa shape index (κ1) is 21.9. The second kappa shape index (κ2) is 10.8. The molecule has 0 bridgehead atoms. The highest BCUT2D eigenvalue weighted by Crippen LogP contribution is 2.16. The summed E-state index contributed by atoms with van der Waals surface area (Å²) >= 11 is 0. The molecule has 0 saturated carbocycles. The standard InChI is InChI=1S/C21H29N5O4/c1-23-20(27)19-16-24(6-3-11-30-18-5-2-4-17(14-18)15-22)7-8-26(19)21(28)25-9-12-29-13-10-25/h2,4-5,14,19H,3,6-13,16H2,1H3,(H,23,27). The number of likely N-dealkylation sites (N-methyl/N-ethyl adjacent to an activating group) is 1. The summed E-state index contributed by atoms with van der Waals surface area (Å²) in [4.78, 5) is 31.0. The van der Waals surface area contributed by atoms with Gasteiger partial charge < -0.3 is 24.6 Å². The van der Waals surface area contributed by atoms with Gasteiger partial charge in [0.15, 0.2) is 0 Å². The highest BCUT2D eigenvalue weighted by atomic mass is 16.5. The number of hydrogen-bond donors (Lipinski definition) is 1. The number of amides is 3. The van der Waals surface area contributed by atoms with Crippen LogP contribution in [0.5, 0.6) is 5.75 Å². The van der Waals surface area contributed by atoms with Gasteiger partial charge in [-0.25, -0.2) is 4.79 Å². The first-order valence-corrected chi connectivity index (χ1v) is 10.3. The normalized spacial score (nSPS) is 19.8. The third kappa shape index (κ3) is 5.62. The molecule has 3 amide bonds. The first-order chi connectivity index (χ1) is 14.6. The van der Waals surface area contributed by atoms with Crippen molar-refractivity contribution in [2.75, 3.05) is 66.1 Å². The number of hydrogen-bond acceptors (Lipinski definition) is 6. The van der Waals surface area contributed by atoms with E-state index in [4.69, 9.17) is 14.7 Å². The maximum absolute atomic E-state index is 12.9. The Hall–Kier alpha value is -2.83. The summed E-state index contributed by atoms with van der Waals surface area (Å²) in [6, 6.07) is 8.59. The van der Waals surface area contributed by atoms with Crippen LogP contribution in [0.15, 0.2) is 24.3 Å². The number of nitrogens with one attached hydrogen (secondary N) is 1. The summed E-state index contributed by atoms with van der Waals surface area (Å²) in [5, 5.41) is 11.6. The maximum atomic E-state index is 12.9. The third-order valence-corrected chi connectivity index (χ3v) is 5.39. The van der Waals surface area contributed by atoms with Crippen molar-refractivity contribution in [1.82, 2.24) is 20.0 Å². The van der Waals surface area contributed by atoms with Crippen molar-refractivity contribution in [1.29, 1.82) is 5.26 Å². The highest BCUT2D eigenvalue weighted by molar-refractivity contribution is 5.87. The molecule has 0 aromatic heterocycles. The molecule has 1 aromatic carbocycles. The van der Waals surface area contributed by atoms with Crippen molar-refractivity contribution in [2.45, 2.75) is 12.5 Å². The molecule has 9 heteroatoms. The molecule has 2 aliphatic heterocycles. The summed E-state index contributed by atoms with van der Waals surface area (Å²) < 4.78 is 11.1. The molecule has 0 spiro atoms. The molecular weight excluding hydrogens is 386 g/mol. The third-order valence-electron chi connectivity index (χ3n) is 5.39. The average Bonchev–Trinajstić information content (AvgIpc) is 2.81. The SMILES string of the molecule is CNC(=O)C1CN(CCCOc2cccc(C#N)c2)CCN1C(=O)N1CCOCC1. The Balaban J connectivity index is 1.50. The molecule has 2 fully saturated rings. The van der Waals surface area contributed by atoms with Crippen molar-refractivity contribution in [3.05, 3.63) is 29.8 Å². The van der Waals surface area contributed by atoms with Crippen molar-refractivity contribution >= 4 is 11.9 Å². The Morgan fingerprint density at radius 2 is 2.07 bits per heavy atom. The van der Waals surface area contributed by atoms with Crippen molar-refractivity contribution in [2.24, 2.45) is 0 Å². The molecule has 1 aromatic rings. The summed E-state index contributed by atoms with van der Waals surface area (Å²) in [6.45, 7) is 5.21. The van der Waals surface area contributed by atoms with Gasteiger partial charge in [0, 0.05) is 46.3 Å². The predicted octanol–water partition coefficient (Wildman–Crippen LogP) is 0.512. The van der Waals surface area contributed by atoms with E-state index in [9.17, 15) is 9.59 Å².